The maximum Gasteiger partial charge on any atom is 0.127 e. The van der Waals surface area contributed by atoms with Crippen LogP contribution in [-0.2, 0) is 6.61 Å². The molecule has 0 amide bonds. The molecule has 0 aliphatic rings. The average molecular weight is 416 g/mol. The first-order valence-corrected chi connectivity index (χ1v) is 9.56. The van der Waals surface area contributed by atoms with Gasteiger partial charge in [-0.25, -0.2) is 0 Å². The van der Waals surface area contributed by atoms with Crippen molar-refractivity contribution in [2.45, 2.75) is 6.61 Å². The zero-order valence-electron chi connectivity index (χ0n) is 14.7. The van der Waals surface area contributed by atoms with E-state index in [4.69, 9.17) is 4.74 Å². The first kappa shape index (κ1) is 17.5. The van der Waals surface area contributed by atoms with Crippen LogP contribution in [0.4, 0.5) is 0 Å². The number of aromatic nitrogens is 1. The van der Waals surface area contributed by atoms with Crippen LogP contribution in [0.3, 0.4) is 0 Å². The number of benzene rings is 3. The van der Waals surface area contributed by atoms with Crippen LogP contribution in [0.5, 0.6) is 5.75 Å². The molecule has 0 saturated carbocycles. The Morgan fingerprint density at radius 1 is 0.815 bits per heavy atom. The Labute approximate surface area is 167 Å². The van der Waals surface area contributed by atoms with Crippen molar-refractivity contribution < 1.29 is 4.74 Å². The van der Waals surface area contributed by atoms with Gasteiger partial charge in [-0.15, -0.1) is 0 Å². The molecule has 4 aromatic rings. The molecule has 0 bridgehead atoms. The fourth-order valence-electron chi connectivity index (χ4n) is 2.97. The number of hydrogen-bond acceptors (Lipinski definition) is 2. The summed E-state index contributed by atoms with van der Waals surface area (Å²) in [7, 11) is 0. The van der Waals surface area contributed by atoms with E-state index in [0.29, 0.717) is 6.61 Å². The normalized spacial score (nSPS) is 11.1. The Bertz CT molecular complexity index is 1070. The van der Waals surface area contributed by atoms with Crippen LogP contribution in [0.25, 0.3) is 22.9 Å². The summed E-state index contributed by atoms with van der Waals surface area (Å²) in [6, 6.07) is 24.7. The van der Waals surface area contributed by atoms with Crippen LogP contribution in [-0.4, -0.2) is 4.98 Å². The van der Waals surface area contributed by atoms with Gasteiger partial charge in [0.2, 0.25) is 0 Å². The molecule has 0 atom stereocenters. The van der Waals surface area contributed by atoms with Crippen molar-refractivity contribution in [2.75, 3.05) is 0 Å². The van der Waals surface area contributed by atoms with E-state index < -0.39 is 0 Å². The molecule has 3 heteroatoms. The summed E-state index contributed by atoms with van der Waals surface area (Å²) in [6.07, 6.45) is 7.81. The lowest BCUT2D eigenvalue weighted by Crippen LogP contribution is -1.97. The zero-order valence-corrected chi connectivity index (χ0v) is 16.3. The number of ether oxygens (including phenoxy) is 1. The molecule has 0 N–H and O–H groups in total. The van der Waals surface area contributed by atoms with E-state index in [2.05, 4.69) is 75.5 Å². The van der Waals surface area contributed by atoms with Crippen LogP contribution >= 0.6 is 15.9 Å². The van der Waals surface area contributed by atoms with Crippen LogP contribution in [0.15, 0.2) is 89.7 Å². The van der Waals surface area contributed by atoms with E-state index in [1.807, 2.05) is 30.3 Å². The summed E-state index contributed by atoms with van der Waals surface area (Å²) in [5.74, 6) is 0.877. The number of fused-ring (bicyclic) bond motifs is 1. The maximum absolute atomic E-state index is 6.18. The lowest BCUT2D eigenvalue weighted by molar-refractivity contribution is 0.306. The summed E-state index contributed by atoms with van der Waals surface area (Å²) in [5, 5.41) is 2.37. The van der Waals surface area contributed by atoms with E-state index in [1.54, 1.807) is 12.4 Å². The Kier molecular flexibility index (Phi) is 5.31. The molecule has 132 valence electrons. The molecular formula is C24H18BrNO. The van der Waals surface area contributed by atoms with E-state index in [1.165, 1.54) is 10.8 Å². The average Bonchev–Trinajstić information content (AvgIpc) is 2.73. The maximum atomic E-state index is 6.18. The number of pyridine rings is 1. The standard InChI is InChI=1S/C24H18BrNO/c25-21-9-5-19(6-10-21)17-27-24-12-8-20-3-1-2-4-22(20)23(24)11-7-18-13-15-26-16-14-18/h1-16H,17H2/b11-7+. The molecule has 0 unspecified atom stereocenters. The minimum atomic E-state index is 0.529. The molecule has 0 aliphatic carbocycles. The van der Waals surface area contributed by atoms with Gasteiger partial charge in [-0.05, 0) is 52.2 Å². The van der Waals surface area contributed by atoms with Crippen LogP contribution in [0, 0.1) is 0 Å². The molecule has 0 fully saturated rings. The van der Waals surface area contributed by atoms with Crippen molar-refractivity contribution in [3.05, 3.63) is 106 Å². The second kappa shape index (κ2) is 8.19. The van der Waals surface area contributed by atoms with Gasteiger partial charge in [-0.1, -0.05) is 70.5 Å². The summed E-state index contributed by atoms with van der Waals surface area (Å²) in [6.45, 7) is 0.529. The molecule has 2 nitrogen and oxygen atoms in total. The topological polar surface area (TPSA) is 22.1 Å². The number of hydrogen-bond donors (Lipinski definition) is 0. The molecule has 1 aromatic heterocycles. The van der Waals surface area contributed by atoms with E-state index >= 15 is 0 Å². The molecule has 27 heavy (non-hydrogen) atoms. The van der Waals surface area contributed by atoms with Crippen molar-refractivity contribution in [2.24, 2.45) is 0 Å². The minimum Gasteiger partial charge on any atom is -0.488 e. The Balaban J connectivity index is 1.68. The summed E-state index contributed by atoms with van der Waals surface area (Å²) in [5.41, 5.74) is 3.33. The second-order valence-corrected chi connectivity index (χ2v) is 7.14. The zero-order chi connectivity index (χ0) is 18.5. The van der Waals surface area contributed by atoms with Crippen LogP contribution in [0.2, 0.25) is 0 Å². The number of halogens is 1. The molecule has 3 aromatic carbocycles. The van der Waals surface area contributed by atoms with Gasteiger partial charge in [0, 0.05) is 22.4 Å². The second-order valence-electron chi connectivity index (χ2n) is 6.23. The van der Waals surface area contributed by atoms with Gasteiger partial charge in [-0.3, -0.25) is 4.98 Å². The Morgan fingerprint density at radius 2 is 1.59 bits per heavy atom. The van der Waals surface area contributed by atoms with E-state index in [0.717, 1.165) is 26.9 Å². The monoisotopic (exact) mass is 415 g/mol. The third-order valence-corrected chi connectivity index (χ3v) is 4.92. The predicted molar refractivity (Wildman–Crippen MR) is 116 cm³/mol. The van der Waals surface area contributed by atoms with Crippen molar-refractivity contribution in [3.8, 4) is 5.75 Å². The highest BCUT2D eigenvalue weighted by Crippen LogP contribution is 2.30. The van der Waals surface area contributed by atoms with Gasteiger partial charge in [0.15, 0.2) is 0 Å². The smallest absolute Gasteiger partial charge is 0.127 e. The van der Waals surface area contributed by atoms with Crippen molar-refractivity contribution in [3.63, 3.8) is 0 Å². The molecule has 0 aliphatic heterocycles. The third-order valence-electron chi connectivity index (χ3n) is 4.39. The van der Waals surface area contributed by atoms with Gasteiger partial charge < -0.3 is 4.74 Å². The van der Waals surface area contributed by atoms with Crippen LogP contribution in [0.1, 0.15) is 16.7 Å². The predicted octanol–water partition coefficient (Wildman–Crippen LogP) is 6.75. The fraction of sp³-hybridized carbons (Fsp3) is 0.0417. The van der Waals surface area contributed by atoms with Gasteiger partial charge in [0.05, 0.1) is 0 Å². The summed E-state index contributed by atoms with van der Waals surface area (Å²) in [4.78, 5) is 4.08. The minimum absolute atomic E-state index is 0.529. The third kappa shape index (κ3) is 4.26. The molecule has 4 rings (SSSR count). The highest BCUT2D eigenvalue weighted by molar-refractivity contribution is 9.10. The molecule has 1 heterocycles. The first-order chi connectivity index (χ1) is 13.3. The molecular weight excluding hydrogens is 398 g/mol. The van der Waals surface area contributed by atoms with Crippen molar-refractivity contribution in [1.82, 2.24) is 4.98 Å². The summed E-state index contributed by atoms with van der Waals surface area (Å²) >= 11 is 3.47. The Hall–Kier alpha value is -2.91. The van der Waals surface area contributed by atoms with E-state index in [-0.39, 0.29) is 0 Å². The highest BCUT2D eigenvalue weighted by Gasteiger charge is 2.07. The van der Waals surface area contributed by atoms with E-state index in [9.17, 15) is 0 Å². The number of nitrogens with zero attached hydrogens (tertiary/aromatic N) is 1. The first-order valence-electron chi connectivity index (χ1n) is 8.77. The van der Waals surface area contributed by atoms with Gasteiger partial charge >= 0.3 is 0 Å². The molecule has 0 saturated heterocycles. The highest BCUT2D eigenvalue weighted by atomic mass is 79.9. The van der Waals surface area contributed by atoms with Crippen molar-refractivity contribution in [1.29, 1.82) is 0 Å². The molecule has 0 spiro atoms. The van der Waals surface area contributed by atoms with Gasteiger partial charge in [-0.2, -0.15) is 0 Å². The van der Waals surface area contributed by atoms with Gasteiger partial charge in [0.25, 0.3) is 0 Å². The fourth-order valence-corrected chi connectivity index (χ4v) is 3.23. The largest absolute Gasteiger partial charge is 0.488 e. The quantitative estimate of drug-likeness (QED) is 0.359. The van der Waals surface area contributed by atoms with Crippen molar-refractivity contribution >= 4 is 38.9 Å². The number of rotatable bonds is 5. The van der Waals surface area contributed by atoms with Crippen LogP contribution < -0.4 is 4.74 Å². The lowest BCUT2D eigenvalue weighted by Gasteiger charge is -2.12. The molecule has 0 radical (unpaired) electrons. The Morgan fingerprint density at radius 3 is 2.41 bits per heavy atom. The SMILES string of the molecule is Brc1ccc(COc2ccc3ccccc3c2/C=C/c2ccncc2)cc1. The summed E-state index contributed by atoms with van der Waals surface area (Å²) < 4.78 is 7.25. The lowest BCUT2D eigenvalue weighted by atomic mass is 10.0. The van der Waals surface area contributed by atoms with Gasteiger partial charge in [0.1, 0.15) is 12.4 Å².